The number of ketones is 1. The highest BCUT2D eigenvalue weighted by molar-refractivity contribution is 5.94. The van der Waals surface area contributed by atoms with Gasteiger partial charge >= 0.3 is 0 Å². The Morgan fingerprint density at radius 2 is 2.16 bits per heavy atom. The number of aromatic nitrogens is 2. The van der Waals surface area contributed by atoms with E-state index in [0.717, 1.165) is 12.8 Å². The van der Waals surface area contributed by atoms with Crippen molar-refractivity contribution in [2.24, 2.45) is 0 Å². The minimum Gasteiger partial charge on any atom is -0.456 e. The van der Waals surface area contributed by atoms with Crippen LogP contribution in [-0.4, -0.2) is 15.8 Å². The summed E-state index contributed by atoms with van der Waals surface area (Å²) in [6, 6.07) is 7.00. The molecule has 0 radical (unpaired) electrons. The predicted octanol–water partition coefficient (Wildman–Crippen LogP) is 3.64. The van der Waals surface area contributed by atoms with Crippen molar-refractivity contribution in [3.05, 3.63) is 48.5 Å². The number of Topliss-reactive ketones (excluding diaryl/α,β-unsaturated/α-hetero) is 1. The van der Waals surface area contributed by atoms with Gasteiger partial charge in [-0.2, -0.15) is 0 Å². The summed E-state index contributed by atoms with van der Waals surface area (Å²) in [6.45, 7) is 2.06. The van der Waals surface area contributed by atoms with Crippen LogP contribution in [0.3, 0.4) is 0 Å². The normalized spacial score (nSPS) is 10.2. The van der Waals surface area contributed by atoms with Gasteiger partial charge in [0.05, 0.1) is 6.20 Å². The maximum atomic E-state index is 11.9. The third kappa shape index (κ3) is 3.88. The number of carbonyl (C=O) groups excluding carboxylic acids is 1. The summed E-state index contributed by atoms with van der Waals surface area (Å²) in [6.07, 6.45) is 7.30. The van der Waals surface area contributed by atoms with Crippen LogP contribution in [0.15, 0.2) is 42.9 Å². The largest absolute Gasteiger partial charge is 0.456 e. The van der Waals surface area contributed by atoms with Crippen LogP contribution in [0.1, 0.15) is 36.7 Å². The molecular weight excluding hydrogens is 240 g/mol. The Balaban J connectivity index is 2.09. The van der Waals surface area contributed by atoms with Crippen molar-refractivity contribution >= 4 is 5.78 Å². The van der Waals surface area contributed by atoms with Gasteiger partial charge in [0, 0.05) is 24.9 Å². The second-order valence-electron chi connectivity index (χ2n) is 4.19. The summed E-state index contributed by atoms with van der Waals surface area (Å²) in [5.74, 6) is 1.29. The molecule has 0 aliphatic heterocycles. The molecule has 2 heterocycles. The maximum Gasteiger partial charge on any atom is 0.181 e. The van der Waals surface area contributed by atoms with Crippen LogP contribution in [0.2, 0.25) is 0 Å². The van der Waals surface area contributed by atoms with Crippen molar-refractivity contribution in [3.8, 4) is 11.5 Å². The fourth-order valence-electron chi connectivity index (χ4n) is 1.64. The molecule has 4 nitrogen and oxygen atoms in total. The van der Waals surface area contributed by atoms with Crippen molar-refractivity contribution in [3.63, 3.8) is 0 Å². The first-order chi connectivity index (χ1) is 9.29. The van der Waals surface area contributed by atoms with Crippen molar-refractivity contribution in [1.29, 1.82) is 0 Å². The summed E-state index contributed by atoms with van der Waals surface area (Å²) in [4.78, 5) is 19.9. The summed E-state index contributed by atoms with van der Waals surface area (Å²) in [5, 5.41) is 0. The summed E-state index contributed by atoms with van der Waals surface area (Å²) in [7, 11) is 0. The van der Waals surface area contributed by atoms with Gasteiger partial charge < -0.3 is 4.74 Å². The number of unbranched alkanes of at least 4 members (excludes halogenated alkanes) is 1. The van der Waals surface area contributed by atoms with Crippen LogP contribution in [0.25, 0.3) is 0 Å². The van der Waals surface area contributed by atoms with Gasteiger partial charge in [0.1, 0.15) is 17.2 Å². The lowest BCUT2D eigenvalue weighted by molar-refractivity contribution is 0.0974. The van der Waals surface area contributed by atoms with Gasteiger partial charge in [-0.3, -0.25) is 14.8 Å². The fourth-order valence-corrected chi connectivity index (χ4v) is 1.64. The number of nitrogens with zero attached hydrogens (tertiary/aromatic N) is 2. The van der Waals surface area contributed by atoms with E-state index in [-0.39, 0.29) is 5.78 Å². The molecule has 2 aromatic rings. The molecule has 98 valence electrons. The van der Waals surface area contributed by atoms with Crippen LogP contribution in [0.5, 0.6) is 11.5 Å². The highest BCUT2D eigenvalue weighted by Crippen LogP contribution is 2.20. The van der Waals surface area contributed by atoms with E-state index in [1.165, 1.54) is 0 Å². The number of hydrogen-bond acceptors (Lipinski definition) is 4. The van der Waals surface area contributed by atoms with Crippen LogP contribution in [0.4, 0.5) is 0 Å². The lowest BCUT2D eigenvalue weighted by Gasteiger charge is -2.06. The smallest absolute Gasteiger partial charge is 0.181 e. The zero-order chi connectivity index (χ0) is 13.5. The number of ether oxygens (including phenoxy) is 1. The molecule has 0 bridgehead atoms. The summed E-state index contributed by atoms with van der Waals surface area (Å²) >= 11 is 0. The van der Waals surface area contributed by atoms with Gasteiger partial charge in [-0.1, -0.05) is 13.3 Å². The molecule has 4 heteroatoms. The van der Waals surface area contributed by atoms with E-state index in [1.54, 1.807) is 36.8 Å². The molecule has 0 aliphatic rings. The molecule has 0 atom stereocenters. The van der Waals surface area contributed by atoms with E-state index in [9.17, 15) is 4.79 Å². The lowest BCUT2D eigenvalue weighted by atomic mass is 10.1. The molecule has 0 aliphatic carbocycles. The molecule has 2 rings (SSSR count). The maximum absolute atomic E-state index is 11.9. The van der Waals surface area contributed by atoms with Crippen molar-refractivity contribution in [2.75, 3.05) is 0 Å². The van der Waals surface area contributed by atoms with Gasteiger partial charge in [-0.15, -0.1) is 0 Å². The quantitative estimate of drug-likeness (QED) is 0.740. The molecule has 0 fully saturated rings. The molecule has 0 saturated carbocycles. The summed E-state index contributed by atoms with van der Waals surface area (Å²) in [5.41, 5.74) is 0.454. The van der Waals surface area contributed by atoms with Gasteiger partial charge in [-0.25, -0.2) is 0 Å². The Labute approximate surface area is 112 Å². The zero-order valence-corrected chi connectivity index (χ0v) is 10.9. The third-order valence-electron chi connectivity index (χ3n) is 2.64. The van der Waals surface area contributed by atoms with E-state index in [0.29, 0.717) is 23.6 Å². The third-order valence-corrected chi connectivity index (χ3v) is 2.64. The SMILES string of the molecule is CCCCC(=O)c1cc(Oc2cccnc2)ccn1. The predicted molar refractivity (Wildman–Crippen MR) is 72.4 cm³/mol. The lowest BCUT2D eigenvalue weighted by Crippen LogP contribution is -2.02. The highest BCUT2D eigenvalue weighted by atomic mass is 16.5. The second-order valence-corrected chi connectivity index (χ2v) is 4.19. The number of pyridine rings is 2. The van der Waals surface area contributed by atoms with E-state index in [4.69, 9.17) is 4.74 Å². The zero-order valence-electron chi connectivity index (χ0n) is 10.9. The van der Waals surface area contributed by atoms with Crippen LogP contribution in [0, 0.1) is 0 Å². The fraction of sp³-hybridized carbons (Fsp3) is 0.267. The van der Waals surface area contributed by atoms with Gasteiger partial charge in [0.25, 0.3) is 0 Å². The first-order valence-electron chi connectivity index (χ1n) is 6.36. The van der Waals surface area contributed by atoms with Crippen molar-refractivity contribution in [2.45, 2.75) is 26.2 Å². The molecule has 0 unspecified atom stereocenters. The van der Waals surface area contributed by atoms with Gasteiger partial charge in [-0.05, 0) is 24.6 Å². The Bertz CT molecular complexity index is 541. The Hall–Kier alpha value is -2.23. The number of hydrogen-bond donors (Lipinski definition) is 0. The minimum atomic E-state index is 0.0542. The first kappa shape index (κ1) is 13.2. The molecule has 0 spiro atoms. The second kappa shape index (κ2) is 6.64. The molecule has 0 saturated heterocycles. The standard InChI is InChI=1S/C15H16N2O2/c1-2-3-6-15(18)14-10-12(7-9-17-14)19-13-5-4-8-16-11-13/h4-5,7-11H,2-3,6H2,1H3. The van der Waals surface area contributed by atoms with Gasteiger partial charge in [0.15, 0.2) is 5.78 Å². The molecule has 0 amide bonds. The van der Waals surface area contributed by atoms with Crippen LogP contribution >= 0.6 is 0 Å². The topological polar surface area (TPSA) is 52.1 Å². The molecular formula is C15H16N2O2. The van der Waals surface area contributed by atoms with Crippen LogP contribution < -0.4 is 4.74 Å². The van der Waals surface area contributed by atoms with Crippen molar-refractivity contribution < 1.29 is 9.53 Å². The Kier molecular flexibility index (Phi) is 4.61. The molecule has 0 N–H and O–H groups in total. The number of carbonyl (C=O) groups is 1. The van der Waals surface area contributed by atoms with E-state index < -0.39 is 0 Å². The molecule has 0 aromatic carbocycles. The van der Waals surface area contributed by atoms with Gasteiger partial charge in [0.2, 0.25) is 0 Å². The average molecular weight is 256 g/mol. The minimum absolute atomic E-state index is 0.0542. The molecule has 2 aromatic heterocycles. The summed E-state index contributed by atoms with van der Waals surface area (Å²) < 4.78 is 5.62. The van der Waals surface area contributed by atoms with E-state index in [2.05, 4.69) is 16.9 Å². The van der Waals surface area contributed by atoms with E-state index in [1.807, 2.05) is 6.07 Å². The Morgan fingerprint density at radius 1 is 1.26 bits per heavy atom. The van der Waals surface area contributed by atoms with Crippen molar-refractivity contribution in [1.82, 2.24) is 9.97 Å². The first-order valence-corrected chi connectivity index (χ1v) is 6.36. The highest BCUT2D eigenvalue weighted by Gasteiger charge is 2.08. The Morgan fingerprint density at radius 3 is 2.89 bits per heavy atom. The monoisotopic (exact) mass is 256 g/mol. The number of rotatable bonds is 6. The molecule has 19 heavy (non-hydrogen) atoms. The van der Waals surface area contributed by atoms with E-state index >= 15 is 0 Å². The van der Waals surface area contributed by atoms with Crippen LogP contribution in [-0.2, 0) is 0 Å². The average Bonchev–Trinajstić information content (AvgIpc) is 2.46.